The van der Waals surface area contributed by atoms with E-state index in [0.29, 0.717) is 24.6 Å². The Hall–Kier alpha value is -2.38. The van der Waals surface area contributed by atoms with Crippen molar-refractivity contribution in [3.05, 3.63) is 34.5 Å². The predicted molar refractivity (Wildman–Crippen MR) is 70.3 cm³/mol. The molecule has 0 aliphatic carbocycles. The highest BCUT2D eigenvalue weighted by Crippen LogP contribution is 2.25. The van der Waals surface area contributed by atoms with E-state index < -0.39 is 0 Å². The second kappa shape index (κ2) is 4.95. The number of imidazole rings is 1. The van der Waals surface area contributed by atoms with Gasteiger partial charge in [-0.15, -0.1) is 0 Å². The summed E-state index contributed by atoms with van der Waals surface area (Å²) >= 11 is 0. The second-order valence-electron chi connectivity index (χ2n) is 5.05. The van der Waals surface area contributed by atoms with Gasteiger partial charge in [-0.05, 0) is 12.8 Å². The van der Waals surface area contributed by atoms with Gasteiger partial charge in [-0.2, -0.15) is 5.10 Å². The van der Waals surface area contributed by atoms with Gasteiger partial charge in [0.15, 0.2) is 0 Å². The largest absolute Gasteiger partial charge is 0.340 e. The topological polar surface area (TPSA) is 99.7 Å². The Bertz CT molecular complexity index is 661. The number of carbonyl (C=O) groups is 1. The van der Waals surface area contributed by atoms with E-state index in [-0.39, 0.29) is 17.5 Å². The summed E-state index contributed by atoms with van der Waals surface area (Å²) in [5, 5.41) is 6.33. The van der Waals surface area contributed by atoms with E-state index in [9.17, 15) is 9.59 Å². The van der Waals surface area contributed by atoms with Crippen LogP contribution in [0.25, 0.3) is 0 Å². The first-order chi connectivity index (χ1) is 9.63. The first kappa shape index (κ1) is 12.6. The molecule has 2 aromatic heterocycles. The first-order valence-electron chi connectivity index (χ1n) is 6.55. The molecule has 2 aromatic rings. The molecule has 0 aromatic carbocycles. The Kier molecular flexibility index (Phi) is 3.13. The maximum absolute atomic E-state index is 12.2. The number of aromatic amines is 2. The van der Waals surface area contributed by atoms with Crippen molar-refractivity contribution < 1.29 is 4.79 Å². The van der Waals surface area contributed by atoms with E-state index >= 15 is 0 Å². The van der Waals surface area contributed by atoms with E-state index in [2.05, 4.69) is 20.2 Å². The average molecular weight is 276 g/mol. The third-order valence-electron chi connectivity index (χ3n) is 3.61. The van der Waals surface area contributed by atoms with Crippen LogP contribution in [-0.2, 0) is 7.05 Å². The van der Waals surface area contributed by atoms with Crippen LogP contribution in [0.2, 0.25) is 0 Å². The fraction of sp³-hybridized carbons (Fsp3) is 0.500. The highest BCUT2D eigenvalue weighted by molar-refractivity contribution is 5.92. The van der Waals surface area contributed by atoms with Gasteiger partial charge < -0.3 is 9.47 Å². The molecule has 8 nitrogen and oxygen atoms in total. The quantitative estimate of drug-likeness (QED) is 0.796. The van der Waals surface area contributed by atoms with Crippen LogP contribution in [0, 0.1) is 0 Å². The molecular weight excluding hydrogens is 260 g/mol. The lowest BCUT2D eigenvalue weighted by Crippen LogP contribution is -2.38. The van der Waals surface area contributed by atoms with Crippen molar-refractivity contribution in [2.75, 3.05) is 13.1 Å². The van der Waals surface area contributed by atoms with Crippen LogP contribution in [0.5, 0.6) is 0 Å². The van der Waals surface area contributed by atoms with Gasteiger partial charge in [0.1, 0.15) is 11.5 Å². The summed E-state index contributed by atoms with van der Waals surface area (Å²) in [5.41, 5.74) is 0.186. The number of amides is 1. The second-order valence-corrected chi connectivity index (χ2v) is 5.05. The van der Waals surface area contributed by atoms with Crippen LogP contribution in [0.15, 0.2) is 17.3 Å². The number of likely N-dealkylation sites (tertiary alicyclic amines) is 1. The summed E-state index contributed by atoms with van der Waals surface area (Å²) < 4.78 is 1.76. The van der Waals surface area contributed by atoms with Crippen LogP contribution in [0.1, 0.15) is 35.1 Å². The van der Waals surface area contributed by atoms with Crippen molar-refractivity contribution in [3.63, 3.8) is 0 Å². The Morgan fingerprint density at radius 1 is 1.40 bits per heavy atom. The van der Waals surface area contributed by atoms with E-state index in [1.54, 1.807) is 22.0 Å². The van der Waals surface area contributed by atoms with Crippen LogP contribution in [0.3, 0.4) is 0 Å². The van der Waals surface area contributed by atoms with Crippen LogP contribution < -0.4 is 5.69 Å². The third kappa shape index (κ3) is 2.36. The Balaban J connectivity index is 1.64. The highest BCUT2D eigenvalue weighted by Gasteiger charge is 2.27. The molecular formula is C12H16N6O2. The zero-order chi connectivity index (χ0) is 14.1. The summed E-state index contributed by atoms with van der Waals surface area (Å²) in [5.74, 6) is 0.834. The number of piperidine rings is 1. The molecule has 1 amide bonds. The molecule has 1 aliphatic rings. The number of aromatic nitrogens is 5. The Morgan fingerprint density at radius 2 is 2.15 bits per heavy atom. The summed E-state index contributed by atoms with van der Waals surface area (Å²) in [4.78, 5) is 31.8. The molecule has 3 rings (SSSR count). The summed E-state index contributed by atoms with van der Waals surface area (Å²) in [7, 11) is 1.84. The minimum Gasteiger partial charge on any atom is -0.340 e. The third-order valence-corrected chi connectivity index (χ3v) is 3.61. The zero-order valence-electron chi connectivity index (χ0n) is 11.2. The van der Waals surface area contributed by atoms with Gasteiger partial charge in [0.2, 0.25) is 0 Å². The summed E-state index contributed by atoms with van der Waals surface area (Å²) in [6, 6.07) is 0. The summed E-state index contributed by atoms with van der Waals surface area (Å²) in [6.45, 7) is 1.30. The fourth-order valence-corrected chi connectivity index (χ4v) is 2.52. The lowest BCUT2D eigenvalue weighted by atomic mass is 9.96. The van der Waals surface area contributed by atoms with Crippen molar-refractivity contribution in [2.45, 2.75) is 18.8 Å². The van der Waals surface area contributed by atoms with Crippen molar-refractivity contribution in [1.82, 2.24) is 29.6 Å². The highest BCUT2D eigenvalue weighted by atomic mass is 16.2. The maximum Gasteiger partial charge on any atom is 0.340 e. The number of nitrogens with one attached hydrogen (secondary N) is 2. The number of nitrogens with zero attached hydrogens (tertiary/aromatic N) is 4. The number of rotatable bonds is 2. The average Bonchev–Trinajstić information content (AvgIpc) is 3.07. The summed E-state index contributed by atoms with van der Waals surface area (Å²) in [6.07, 6.45) is 4.92. The standard InChI is InChI=1S/C12H16N6O2/c1-17-6-9(13-7-17)11(19)18-4-2-8(3-5-18)10-14-12(20)16-15-10/h6-8H,2-5H2,1H3,(H2,14,15,16,20). The van der Waals surface area contributed by atoms with E-state index in [0.717, 1.165) is 12.8 Å². The molecule has 1 saturated heterocycles. The normalized spacial score (nSPS) is 16.6. The fourth-order valence-electron chi connectivity index (χ4n) is 2.52. The number of H-pyrrole nitrogens is 2. The molecule has 20 heavy (non-hydrogen) atoms. The van der Waals surface area contributed by atoms with Crippen molar-refractivity contribution in [3.8, 4) is 0 Å². The minimum atomic E-state index is -0.285. The van der Waals surface area contributed by atoms with Crippen LogP contribution >= 0.6 is 0 Å². The van der Waals surface area contributed by atoms with Crippen molar-refractivity contribution in [2.24, 2.45) is 7.05 Å². The molecule has 0 unspecified atom stereocenters. The predicted octanol–water partition coefficient (Wildman–Crippen LogP) is -0.149. The lowest BCUT2D eigenvalue weighted by molar-refractivity contribution is 0.0705. The molecule has 8 heteroatoms. The van der Waals surface area contributed by atoms with E-state index in [4.69, 9.17) is 0 Å². The number of carbonyl (C=O) groups excluding carboxylic acids is 1. The molecule has 1 fully saturated rings. The molecule has 2 N–H and O–H groups in total. The molecule has 1 aliphatic heterocycles. The van der Waals surface area contributed by atoms with Gasteiger partial charge >= 0.3 is 5.69 Å². The SMILES string of the molecule is Cn1cnc(C(=O)N2CCC(c3n[nH]c(=O)[nH]3)CC2)c1. The zero-order valence-corrected chi connectivity index (χ0v) is 11.2. The Labute approximate surface area is 114 Å². The van der Waals surface area contributed by atoms with Gasteiger partial charge in [0, 0.05) is 32.3 Å². The number of aryl methyl sites for hydroxylation is 1. The van der Waals surface area contributed by atoms with Gasteiger partial charge in [-0.1, -0.05) is 0 Å². The molecule has 106 valence electrons. The molecule has 0 radical (unpaired) electrons. The van der Waals surface area contributed by atoms with Crippen LogP contribution in [-0.4, -0.2) is 48.6 Å². The monoisotopic (exact) mass is 276 g/mol. The number of hydrogen-bond acceptors (Lipinski definition) is 4. The van der Waals surface area contributed by atoms with Gasteiger partial charge in [-0.3, -0.25) is 9.78 Å². The molecule has 0 bridgehead atoms. The van der Waals surface area contributed by atoms with E-state index in [1.807, 2.05) is 7.05 Å². The van der Waals surface area contributed by atoms with Crippen molar-refractivity contribution in [1.29, 1.82) is 0 Å². The minimum absolute atomic E-state index is 0.0421. The Morgan fingerprint density at radius 3 is 2.70 bits per heavy atom. The van der Waals surface area contributed by atoms with Crippen LogP contribution in [0.4, 0.5) is 0 Å². The first-order valence-corrected chi connectivity index (χ1v) is 6.55. The molecule has 0 atom stereocenters. The van der Waals surface area contributed by atoms with E-state index in [1.165, 1.54) is 0 Å². The molecule has 0 spiro atoms. The smallest absolute Gasteiger partial charge is 0.340 e. The molecule has 3 heterocycles. The van der Waals surface area contributed by atoms with Gasteiger partial charge in [0.05, 0.1) is 6.33 Å². The van der Waals surface area contributed by atoms with Crippen molar-refractivity contribution >= 4 is 5.91 Å². The number of hydrogen-bond donors (Lipinski definition) is 2. The molecule has 0 saturated carbocycles. The van der Waals surface area contributed by atoms with Gasteiger partial charge in [0.25, 0.3) is 5.91 Å². The lowest BCUT2D eigenvalue weighted by Gasteiger charge is -2.30. The maximum atomic E-state index is 12.2. The van der Waals surface area contributed by atoms with Gasteiger partial charge in [-0.25, -0.2) is 14.9 Å².